The SMILES string of the molecule is N#Cc1ccc(OCC(=O)Nc2c(O)ccc3ccccc23)cc1. The fourth-order valence-corrected chi connectivity index (χ4v) is 2.34. The Kier molecular flexibility index (Phi) is 4.30. The van der Waals surface area contributed by atoms with Crippen LogP contribution in [0.15, 0.2) is 60.7 Å². The van der Waals surface area contributed by atoms with Crippen molar-refractivity contribution in [2.45, 2.75) is 0 Å². The quantitative estimate of drug-likeness (QED) is 0.722. The molecule has 3 aromatic rings. The van der Waals surface area contributed by atoms with Gasteiger partial charge in [0.15, 0.2) is 6.61 Å². The van der Waals surface area contributed by atoms with E-state index in [4.69, 9.17) is 10.00 Å². The van der Waals surface area contributed by atoms with E-state index in [0.29, 0.717) is 17.0 Å². The lowest BCUT2D eigenvalue weighted by molar-refractivity contribution is -0.118. The van der Waals surface area contributed by atoms with E-state index in [1.807, 2.05) is 30.3 Å². The van der Waals surface area contributed by atoms with Crippen molar-refractivity contribution in [2.24, 2.45) is 0 Å². The number of nitriles is 1. The molecule has 0 aliphatic carbocycles. The van der Waals surface area contributed by atoms with Crippen LogP contribution < -0.4 is 10.1 Å². The summed E-state index contributed by atoms with van der Waals surface area (Å²) in [4.78, 5) is 12.1. The molecule has 0 radical (unpaired) electrons. The number of phenols is 1. The highest BCUT2D eigenvalue weighted by atomic mass is 16.5. The number of hydrogen-bond donors (Lipinski definition) is 2. The van der Waals surface area contributed by atoms with Gasteiger partial charge < -0.3 is 15.2 Å². The van der Waals surface area contributed by atoms with Gasteiger partial charge in [0.05, 0.1) is 17.3 Å². The molecule has 5 nitrogen and oxygen atoms in total. The zero-order valence-corrected chi connectivity index (χ0v) is 12.7. The molecule has 0 heterocycles. The Balaban J connectivity index is 1.71. The molecule has 118 valence electrons. The molecule has 24 heavy (non-hydrogen) atoms. The Morgan fingerprint density at radius 2 is 1.83 bits per heavy atom. The standard InChI is InChI=1S/C19H14N2O3/c20-11-13-5-8-15(9-6-13)24-12-18(23)21-19-16-4-2-1-3-14(16)7-10-17(19)22/h1-10,22H,12H2,(H,21,23). The van der Waals surface area contributed by atoms with Gasteiger partial charge in [-0.3, -0.25) is 4.79 Å². The molecule has 0 aliphatic rings. The first kappa shape index (κ1) is 15.4. The van der Waals surface area contributed by atoms with Crippen LogP contribution in [0.3, 0.4) is 0 Å². The molecule has 3 rings (SSSR count). The Morgan fingerprint density at radius 1 is 1.08 bits per heavy atom. The van der Waals surface area contributed by atoms with Crippen LogP contribution in [0.4, 0.5) is 5.69 Å². The largest absolute Gasteiger partial charge is 0.506 e. The predicted octanol–water partition coefficient (Wildman–Crippen LogP) is 3.43. The normalized spacial score (nSPS) is 10.1. The lowest BCUT2D eigenvalue weighted by Gasteiger charge is -2.11. The number of anilines is 1. The van der Waals surface area contributed by atoms with Gasteiger partial charge in [0, 0.05) is 5.39 Å². The van der Waals surface area contributed by atoms with E-state index in [0.717, 1.165) is 10.8 Å². The highest BCUT2D eigenvalue weighted by molar-refractivity contribution is 6.04. The van der Waals surface area contributed by atoms with Crippen LogP contribution in [-0.4, -0.2) is 17.6 Å². The molecule has 2 N–H and O–H groups in total. The van der Waals surface area contributed by atoms with Gasteiger partial charge in [-0.05, 0) is 35.7 Å². The van der Waals surface area contributed by atoms with E-state index in [1.54, 1.807) is 36.4 Å². The van der Waals surface area contributed by atoms with E-state index in [2.05, 4.69) is 5.32 Å². The minimum Gasteiger partial charge on any atom is -0.506 e. The van der Waals surface area contributed by atoms with E-state index in [1.165, 1.54) is 0 Å². The Hall–Kier alpha value is -3.52. The van der Waals surface area contributed by atoms with Crippen LogP contribution in [0.1, 0.15) is 5.56 Å². The molecule has 0 bridgehead atoms. The molecule has 0 aromatic heterocycles. The first-order valence-corrected chi connectivity index (χ1v) is 7.31. The summed E-state index contributed by atoms with van der Waals surface area (Å²) in [7, 11) is 0. The maximum absolute atomic E-state index is 12.1. The summed E-state index contributed by atoms with van der Waals surface area (Å²) < 4.78 is 5.39. The molecule has 0 spiro atoms. The summed E-state index contributed by atoms with van der Waals surface area (Å²) in [6.07, 6.45) is 0. The van der Waals surface area contributed by atoms with Crippen LogP contribution in [0.2, 0.25) is 0 Å². The number of carbonyl (C=O) groups excluding carboxylic acids is 1. The number of amides is 1. The minimum absolute atomic E-state index is 0.000392. The van der Waals surface area contributed by atoms with Crippen molar-refractivity contribution in [2.75, 3.05) is 11.9 Å². The maximum atomic E-state index is 12.1. The van der Waals surface area contributed by atoms with Crippen LogP contribution in [0, 0.1) is 11.3 Å². The fourth-order valence-electron chi connectivity index (χ4n) is 2.34. The molecule has 0 unspecified atom stereocenters. The van der Waals surface area contributed by atoms with Gasteiger partial charge in [-0.15, -0.1) is 0 Å². The van der Waals surface area contributed by atoms with Crippen molar-refractivity contribution in [3.05, 3.63) is 66.2 Å². The Morgan fingerprint density at radius 3 is 2.58 bits per heavy atom. The molecular weight excluding hydrogens is 304 g/mol. The van der Waals surface area contributed by atoms with Crippen LogP contribution >= 0.6 is 0 Å². The fraction of sp³-hybridized carbons (Fsp3) is 0.0526. The minimum atomic E-state index is -0.383. The third kappa shape index (κ3) is 3.28. The lowest BCUT2D eigenvalue weighted by Crippen LogP contribution is -2.20. The lowest BCUT2D eigenvalue weighted by atomic mass is 10.1. The van der Waals surface area contributed by atoms with Crippen molar-refractivity contribution >= 4 is 22.4 Å². The number of aromatic hydroxyl groups is 1. The zero-order valence-electron chi connectivity index (χ0n) is 12.7. The van der Waals surface area contributed by atoms with Gasteiger partial charge in [-0.1, -0.05) is 30.3 Å². The van der Waals surface area contributed by atoms with Crippen LogP contribution in [0.25, 0.3) is 10.8 Å². The summed E-state index contributed by atoms with van der Waals surface area (Å²) in [6, 6.07) is 19.3. The number of rotatable bonds is 4. The first-order valence-electron chi connectivity index (χ1n) is 7.31. The Labute approximate surface area is 138 Å². The maximum Gasteiger partial charge on any atom is 0.262 e. The average Bonchev–Trinajstić information content (AvgIpc) is 2.63. The molecule has 3 aromatic carbocycles. The number of phenolic OH excluding ortho intramolecular Hbond substituents is 1. The summed E-state index contributed by atoms with van der Waals surface area (Å²) in [5.74, 6) is 0.109. The third-order valence-electron chi connectivity index (χ3n) is 3.52. The smallest absolute Gasteiger partial charge is 0.262 e. The number of hydrogen-bond acceptors (Lipinski definition) is 4. The van der Waals surface area contributed by atoms with Crippen molar-refractivity contribution < 1.29 is 14.6 Å². The second-order valence-corrected chi connectivity index (χ2v) is 5.15. The summed E-state index contributed by atoms with van der Waals surface area (Å²) in [5.41, 5.74) is 0.883. The van der Waals surface area contributed by atoms with E-state index in [9.17, 15) is 9.90 Å². The van der Waals surface area contributed by atoms with Crippen molar-refractivity contribution in [3.8, 4) is 17.6 Å². The second-order valence-electron chi connectivity index (χ2n) is 5.15. The van der Waals surface area contributed by atoms with Crippen molar-refractivity contribution in [1.82, 2.24) is 0 Å². The van der Waals surface area contributed by atoms with E-state index < -0.39 is 0 Å². The molecule has 0 atom stereocenters. The zero-order chi connectivity index (χ0) is 16.9. The number of nitrogens with one attached hydrogen (secondary N) is 1. The van der Waals surface area contributed by atoms with Gasteiger partial charge in [-0.25, -0.2) is 0 Å². The van der Waals surface area contributed by atoms with Crippen molar-refractivity contribution in [3.63, 3.8) is 0 Å². The van der Waals surface area contributed by atoms with Crippen molar-refractivity contribution in [1.29, 1.82) is 5.26 Å². The van der Waals surface area contributed by atoms with Gasteiger partial charge >= 0.3 is 0 Å². The summed E-state index contributed by atoms with van der Waals surface area (Å²) in [5, 5.41) is 23.1. The molecule has 0 saturated heterocycles. The highest BCUT2D eigenvalue weighted by Gasteiger charge is 2.11. The third-order valence-corrected chi connectivity index (χ3v) is 3.52. The van der Waals surface area contributed by atoms with Gasteiger partial charge in [0.25, 0.3) is 5.91 Å². The average molecular weight is 318 g/mol. The molecular formula is C19H14N2O3. The van der Waals surface area contributed by atoms with E-state index in [-0.39, 0.29) is 18.3 Å². The van der Waals surface area contributed by atoms with Gasteiger partial charge in [-0.2, -0.15) is 5.26 Å². The number of benzene rings is 3. The second kappa shape index (κ2) is 6.71. The van der Waals surface area contributed by atoms with Gasteiger partial charge in [0.2, 0.25) is 0 Å². The van der Waals surface area contributed by atoms with E-state index >= 15 is 0 Å². The molecule has 0 saturated carbocycles. The number of fused-ring (bicyclic) bond motifs is 1. The van der Waals surface area contributed by atoms with Crippen LogP contribution in [-0.2, 0) is 4.79 Å². The number of ether oxygens (including phenoxy) is 1. The highest BCUT2D eigenvalue weighted by Crippen LogP contribution is 2.32. The molecule has 1 amide bonds. The predicted molar refractivity (Wildman–Crippen MR) is 90.9 cm³/mol. The molecule has 0 aliphatic heterocycles. The monoisotopic (exact) mass is 318 g/mol. The number of nitrogens with zero attached hydrogens (tertiary/aromatic N) is 1. The topological polar surface area (TPSA) is 82.3 Å². The van der Waals surface area contributed by atoms with Crippen LogP contribution in [0.5, 0.6) is 11.5 Å². The number of carbonyl (C=O) groups is 1. The first-order chi connectivity index (χ1) is 11.7. The summed E-state index contributed by atoms with van der Waals surface area (Å²) >= 11 is 0. The summed E-state index contributed by atoms with van der Waals surface area (Å²) in [6.45, 7) is -0.200. The molecule has 5 heteroatoms. The van der Waals surface area contributed by atoms with Gasteiger partial charge in [0.1, 0.15) is 11.5 Å². The Bertz CT molecular complexity index is 927. The molecule has 0 fully saturated rings.